The maximum absolute atomic E-state index is 5.94. The molecule has 0 fully saturated rings. The third-order valence-electron chi connectivity index (χ3n) is 2.74. The highest BCUT2D eigenvalue weighted by atomic mass is 14.6. The average molecular weight is 177 g/mol. The van der Waals surface area contributed by atoms with E-state index in [0.29, 0.717) is 11.8 Å². The molecule has 0 bridgehead atoms. The first kappa shape index (κ1) is 10.3. The molecule has 1 aliphatic rings. The lowest BCUT2D eigenvalue weighted by Crippen LogP contribution is -2.29. The number of rotatable bonds is 2. The largest absolute Gasteiger partial charge is 0.324 e. The van der Waals surface area contributed by atoms with Crippen molar-refractivity contribution in [3.05, 3.63) is 36.0 Å². The summed E-state index contributed by atoms with van der Waals surface area (Å²) in [5, 5.41) is 0. The molecule has 0 aromatic rings. The lowest BCUT2D eigenvalue weighted by Gasteiger charge is -2.26. The summed E-state index contributed by atoms with van der Waals surface area (Å²) in [4.78, 5) is 0. The van der Waals surface area contributed by atoms with Crippen molar-refractivity contribution in [3.63, 3.8) is 0 Å². The normalized spacial score (nSPS) is 27.6. The Bertz CT molecular complexity index is 258. The molecule has 2 N–H and O–H groups in total. The van der Waals surface area contributed by atoms with Gasteiger partial charge in [-0.25, -0.2) is 0 Å². The van der Waals surface area contributed by atoms with Gasteiger partial charge in [0.2, 0.25) is 0 Å². The Morgan fingerprint density at radius 1 is 1.54 bits per heavy atom. The molecule has 0 saturated heterocycles. The van der Waals surface area contributed by atoms with E-state index in [-0.39, 0.29) is 6.04 Å². The molecule has 0 aromatic carbocycles. The number of nitrogens with two attached hydrogens (primary N) is 1. The van der Waals surface area contributed by atoms with Crippen molar-refractivity contribution in [1.82, 2.24) is 0 Å². The predicted molar refractivity (Wildman–Crippen MR) is 58.3 cm³/mol. The first-order valence-electron chi connectivity index (χ1n) is 4.87. The van der Waals surface area contributed by atoms with Gasteiger partial charge < -0.3 is 5.73 Å². The number of hydrogen-bond acceptors (Lipinski definition) is 1. The van der Waals surface area contributed by atoms with Gasteiger partial charge in [0.15, 0.2) is 0 Å². The van der Waals surface area contributed by atoms with Crippen molar-refractivity contribution in [3.8, 4) is 0 Å². The highest BCUT2D eigenvalue weighted by molar-refractivity contribution is 5.39. The Morgan fingerprint density at radius 2 is 2.15 bits per heavy atom. The zero-order valence-electron chi connectivity index (χ0n) is 8.75. The van der Waals surface area contributed by atoms with Gasteiger partial charge in [0, 0.05) is 12.0 Å². The molecule has 0 spiro atoms. The topological polar surface area (TPSA) is 26.0 Å². The van der Waals surface area contributed by atoms with Gasteiger partial charge in [-0.3, -0.25) is 0 Å². The van der Waals surface area contributed by atoms with Crippen molar-refractivity contribution in [2.45, 2.75) is 26.8 Å². The fourth-order valence-corrected chi connectivity index (χ4v) is 1.55. The zero-order chi connectivity index (χ0) is 10.0. The molecule has 0 saturated carbocycles. The first-order valence-corrected chi connectivity index (χ1v) is 4.87. The Labute approximate surface area is 81.0 Å². The Balaban J connectivity index is 2.85. The third-order valence-corrected chi connectivity index (χ3v) is 2.74. The fraction of sp³-hybridized carbons (Fsp3) is 0.500. The lowest BCUT2D eigenvalue weighted by molar-refractivity contribution is 0.579. The summed E-state index contributed by atoms with van der Waals surface area (Å²) in [6.07, 6.45) is 6.21. The van der Waals surface area contributed by atoms with Gasteiger partial charge in [-0.15, -0.1) is 0 Å². The van der Waals surface area contributed by atoms with E-state index in [1.165, 1.54) is 11.1 Å². The second kappa shape index (κ2) is 3.93. The van der Waals surface area contributed by atoms with Gasteiger partial charge in [-0.05, 0) is 17.1 Å². The molecule has 2 atom stereocenters. The standard InChI is InChI=1S/C12H19N/c1-8(2)9(3)11-6-5-7-12(13)10(11)4/h5-8,10,12H,3,13H2,1-2,4H3/t10?,12-/m1/s1. The molecule has 1 rings (SSSR count). The molecule has 1 heteroatoms. The van der Waals surface area contributed by atoms with Crippen LogP contribution in [0.1, 0.15) is 20.8 Å². The van der Waals surface area contributed by atoms with Crippen molar-refractivity contribution in [2.24, 2.45) is 17.6 Å². The minimum atomic E-state index is 0.149. The summed E-state index contributed by atoms with van der Waals surface area (Å²) in [7, 11) is 0. The molecule has 1 nitrogen and oxygen atoms in total. The van der Waals surface area contributed by atoms with Crippen LogP contribution in [0.5, 0.6) is 0 Å². The highest BCUT2D eigenvalue weighted by Gasteiger charge is 2.20. The molecular formula is C12H19N. The second-order valence-corrected chi connectivity index (χ2v) is 4.05. The summed E-state index contributed by atoms with van der Waals surface area (Å²) in [6.45, 7) is 10.6. The monoisotopic (exact) mass is 177 g/mol. The third kappa shape index (κ3) is 2.10. The van der Waals surface area contributed by atoms with E-state index >= 15 is 0 Å². The zero-order valence-corrected chi connectivity index (χ0v) is 8.75. The van der Waals surface area contributed by atoms with Crippen molar-refractivity contribution < 1.29 is 0 Å². The van der Waals surface area contributed by atoms with Crippen LogP contribution < -0.4 is 5.73 Å². The van der Waals surface area contributed by atoms with Crippen molar-refractivity contribution in [2.75, 3.05) is 0 Å². The van der Waals surface area contributed by atoms with E-state index in [2.05, 4.69) is 33.4 Å². The van der Waals surface area contributed by atoms with Gasteiger partial charge in [0.05, 0.1) is 0 Å². The van der Waals surface area contributed by atoms with Crippen LogP contribution >= 0.6 is 0 Å². The van der Waals surface area contributed by atoms with Crippen LogP contribution in [-0.4, -0.2) is 6.04 Å². The molecule has 72 valence electrons. The molecule has 0 aromatic heterocycles. The summed E-state index contributed by atoms with van der Waals surface area (Å²) in [5.41, 5.74) is 8.46. The van der Waals surface area contributed by atoms with Crippen LogP contribution in [-0.2, 0) is 0 Å². The van der Waals surface area contributed by atoms with E-state index in [1.807, 2.05) is 12.2 Å². The Hall–Kier alpha value is -0.820. The van der Waals surface area contributed by atoms with Crippen LogP contribution in [0.2, 0.25) is 0 Å². The van der Waals surface area contributed by atoms with E-state index in [0.717, 1.165) is 0 Å². The van der Waals surface area contributed by atoms with E-state index in [9.17, 15) is 0 Å². The lowest BCUT2D eigenvalue weighted by atomic mass is 9.82. The fourth-order valence-electron chi connectivity index (χ4n) is 1.55. The van der Waals surface area contributed by atoms with Crippen LogP contribution in [0.3, 0.4) is 0 Å². The first-order chi connectivity index (χ1) is 6.04. The smallest absolute Gasteiger partial charge is 0.0294 e. The summed E-state index contributed by atoms with van der Waals surface area (Å²) < 4.78 is 0. The molecule has 1 aliphatic carbocycles. The van der Waals surface area contributed by atoms with Crippen molar-refractivity contribution >= 4 is 0 Å². The second-order valence-electron chi connectivity index (χ2n) is 4.05. The summed E-state index contributed by atoms with van der Waals surface area (Å²) >= 11 is 0. The van der Waals surface area contributed by atoms with Crippen molar-refractivity contribution in [1.29, 1.82) is 0 Å². The van der Waals surface area contributed by atoms with Gasteiger partial charge in [-0.1, -0.05) is 45.6 Å². The quantitative estimate of drug-likeness (QED) is 0.689. The Morgan fingerprint density at radius 3 is 2.69 bits per heavy atom. The van der Waals surface area contributed by atoms with E-state index < -0.39 is 0 Å². The van der Waals surface area contributed by atoms with Crippen LogP contribution in [0.25, 0.3) is 0 Å². The molecular weight excluding hydrogens is 158 g/mol. The molecule has 0 heterocycles. The van der Waals surface area contributed by atoms with Crippen LogP contribution in [0.4, 0.5) is 0 Å². The molecule has 0 radical (unpaired) electrons. The highest BCUT2D eigenvalue weighted by Crippen LogP contribution is 2.28. The average Bonchev–Trinajstić information content (AvgIpc) is 2.08. The summed E-state index contributed by atoms with van der Waals surface area (Å²) in [5.74, 6) is 0.910. The van der Waals surface area contributed by atoms with Crippen LogP contribution in [0.15, 0.2) is 36.0 Å². The van der Waals surface area contributed by atoms with Gasteiger partial charge in [-0.2, -0.15) is 0 Å². The summed E-state index contributed by atoms with van der Waals surface area (Å²) in [6, 6.07) is 0.149. The van der Waals surface area contributed by atoms with Gasteiger partial charge in [0.25, 0.3) is 0 Å². The number of allylic oxidation sites excluding steroid dienone is 3. The molecule has 0 amide bonds. The van der Waals surface area contributed by atoms with E-state index in [1.54, 1.807) is 0 Å². The van der Waals surface area contributed by atoms with E-state index in [4.69, 9.17) is 5.73 Å². The van der Waals surface area contributed by atoms with Gasteiger partial charge >= 0.3 is 0 Å². The molecule has 13 heavy (non-hydrogen) atoms. The minimum Gasteiger partial charge on any atom is -0.324 e. The SMILES string of the molecule is C=C(C1=CC=C[C@@H](N)C1C)C(C)C. The van der Waals surface area contributed by atoms with Gasteiger partial charge in [0.1, 0.15) is 0 Å². The molecule has 1 unspecified atom stereocenters. The van der Waals surface area contributed by atoms with Crippen LogP contribution in [0, 0.1) is 11.8 Å². The minimum absolute atomic E-state index is 0.149. The molecule has 0 aliphatic heterocycles. The number of hydrogen-bond donors (Lipinski definition) is 1. The predicted octanol–water partition coefficient (Wildman–Crippen LogP) is 2.66. The Kier molecular flexibility index (Phi) is 3.10. The maximum atomic E-state index is 5.94. The maximum Gasteiger partial charge on any atom is 0.0294 e.